The van der Waals surface area contributed by atoms with E-state index in [0.717, 1.165) is 5.56 Å². The van der Waals surface area contributed by atoms with Crippen molar-refractivity contribution in [2.45, 2.75) is 19.9 Å². The van der Waals surface area contributed by atoms with Crippen LogP contribution in [0.15, 0.2) is 18.2 Å². The normalized spacial score (nSPS) is 11.9. The summed E-state index contributed by atoms with van der Waals surface area (Å²) < 4.78 is 10.4. The summed E-state index contributed by atoms with van der Waals surface area (Å²) >= 11 is 0. The van der Waals surface area contributed by atoms with Crippen molar-refractivity contribution in [2.75, 3.05) is 26.1 Å². The van der Waals surface area contributed by atoms with Crippen LogP contribution in [0.1, 0.15) is 12.5 Å². The third kappa shape index (κ3) is 4.25. The molecule has 0 saturated heterocycles. The summed E-state index contributed by atoms with van der Waals surface area (Å²) in [5.74, 6) is 0.370. The van der Waals surface area contributed by atoms with Gasteiger partial charge in [-0.25, -0.2) is 0 Å². The van der Waals surface area contributed by atoms with Gasteiger partial charge >= 0.3 is 0 Å². The number of anilines is 1. The lowest BCUT2D eigenvalue weighted by Gasteiger charge is -2.14. The highest BCUT2D eigenvalue weighted by molar-refractivity contribution is 5.78. The second kappa shape index (κ2) is 6.86. The summed E-state index contributed by atoms with van der Waals surface area (Å²) in [5, 5.41) is 2.76. The van der Waals surface area contributed by atoms with Crippen LogP contribution < -0.4 is 15.8 Å². The number of nitrogens with two attached hydrogens (primary N) is 1. The minimum Gasteiger partial charge on any atom is -0.481 e. The maximum Gasteiger partial charge on any atom is 0.258 e. The molecule has 5 heteroatoms. The maximum absolute atomic E-state index is 11.6. The van der Waals surface area contributed by atoms with Crippen LogP contribution in [0, 0.1) is 6.92 Å². The molecule has 0 fully saturated rings. The van der Waals surface area contributed by atoms with Gasteiger partial charge in [-0.3, -0.25) is 4.79 Å². The third-order valence-corrected chi connectivity index (χ3v) is 2.41. The zero-order valence-electron chi connectivity index (χ0n) is 11.0. The van der Waals surface area contributed by atoms with Gasteiger partial charge in [0.15, 0.2) is 6.61 Å². The van der Waals surface area contributed by atoms with Gasteiger partial charge < -0.3 is 20.5 Å². The molecule has 0 bridgehead atoms. The molecule has 3 N–H and O–H groups in total. The summed E-state index contributed by atoms with van der Waals surface area (Å²) in [4.78, 5) is 11.6. The number of methoxy groups -OCH3 is 1. The zero-order chi connectivity index (χ0) is 13.5. The number of hydrogen-bond donors (Lipinski definition) is 2. The Labute approximate surface area is 107 Å². The number of ether oxygens (including phenoxy) is 2. The largest absolute Gasteiger partial charge is 0.481 e. The van der Waals surface area contributed by atoms with Crippen molar-refractivity contribution in [3.63, 3.8) is 0 Å². The van der Waals surface area contributed by atoms with Gasteiger partial charge in [-0.15, -0.1) is 0 Å². The number of carbonyl (C=O) groups is 1. The molecule has 0 radical (unpaired) electrons. The first-order valence-electron chi connectivity index (χ1n) is 5.80. The Morgan fingerprint density at radius 3 is 2.83 bits per heavy atom. The second-order valence-electron chi connectivity index (χ2n) is 4.21. The van der Waals surface area contributed by atoms with Crippen molar-refractivity contribution in [1.29, 1.82) is 0 Å². The Morgan fingerprint density at radius 1 is 1.50 bits per heavy atom. The van der Waals surface area contributed by atoms with Gasteiger partial charge in [0, 0.05) is 13.2 Å². The molecule has 0 spiro atoms. The van der Waals surface area contributed by atoms with E-state index in [2.05, 4.69) is 5.32 Å². The van der Waals surface area contributed by atoms with Crippen LogP contribution in [-0.4, -0.2) is 32.3 Å². The van der Waals surface area contributed by atoms with E-state index in [1.54, 1.807) is 13.2 Å². The van der Waals surface area contributed by atoms with Crippen molar-refractivity contribution in [2.24, 2.45) is 0 Å². The lowest BCUT2D eigenvalue weighted by Crippen LogP contribution is -2.38. The van der Waals surface area contributed by atoms with Gasteiger partial charge in [-0.2, -0.15) is 0 Å². The Kier molecular flexibility index (Phi) is 5.45. The quantitative estimate of drug-likeness (QED) is 0.744. The van der Waals surface area contributed by atoms with Crippen LogP contribution in [-0.2, 0) is 9.53 Å². The minimum atomic E-state index is -0.192. The number of para-hydroxylation sites is 1. The molecule has 1 aromatic carbocycles. The van der Waals surface area contributed by atoms with E-state index in [0.29, 0.717) is 18.0 Å². The van der Waals surface area contributed by atoms with E-state index in [1.165, 1.54) is 0 Å². The topological polar surface area (TPSA) is 73.6 Å². The molecule has 1 atom stereocenters. The van der Waals surface area contributed by atoms with Gasteiger partial charge in [-0.1, -0.05) is 12.1 Å². The van der Waals surface area contributed by atoms with E-state index in [4.69, 9.17) is 15.2 Å². The van der Waals surface area contributed by atoms with E-state index in [9.17, 15) is 4.79 Å². The molecule has 1 unspecified atom stereocenters. The zero-order valence-corrected chi connectivity index (χ0v) is 11.0. The minimum absolute atomic E-state index is 0.0414. The third-order valence-electron chi connectivity index (χ3n) is 2.41. The molecule has 0 aliphatic heterocycles. The average Bonchev–Trinajstić information content (AvgIpc) is 2.28. The maximum atomic E-state index is 11.6. The summed E-state index contributed by atoms with van der Waals surface area (Å²) in [6.07, 6.45) is 0. The highest BCUT2D eigenvalue weighted by Gasteiger charge is 2.10. The van der Waals surface area contributed by atoms with Crippen molar-refractivity contribution in [3.05, 3.63) is 23.8 Å². The molecular weight excluding hydrogens is 232 g/mol. The highest BCUT2D eigenvalue weighted by atomic mass is 16.5. The van der Waals surface area contributed by atoms with Crippen LogP contribution in [0.4, 0.5) is 5.69 Å². The fraction of sp³-hybridized carbons (Fsp3) is 0.462. The molecule has 100 valence electrons. The van der Waals surface area contributed by atoms with Gasteiger partial charge in [-0.05, 0) is 25.5 Å². The predicted molar refractivity (Wildman–Crippen MR) is 70.6 cm³/mol. The molecule has 0 saturated carbocycles. The van der Waals surface area contributed by atoms with Crippen LogP contribution >= 0.6 is 0 Å². The van der Waals surface area contributed by atoms with E-state index in [-0.39, 0.29) is 18.6 Å². The molecule has 5 nitrogen and oxygen atoms in total. The number of benzene rings is 1. The number of aryl methyl sites for hydroxylation is 1. The van der Waals surface area contributed by atoms with Crippen molar-refractivity contribution in [3.8, 4) is 5.75 Å². The predicted octanol–water partition coefficient (Wildman–Crippen LogP) is 1.11. The Hall–Kier alpha value is -1.75. The lowest BCUT2D eigenvalue weighted by atomic mass is 10.2. The molecule has 1 rings (SSSR count). The van der Waals surface area contributed by atoms with Crippen molar-refractivity contribution < 1.29 is 14.3 Å². The van der Waals surface area contributed by atoms with Crippen LogP contribution in [0.2, 0.25) is 0 Å². The van der Waals surface area contributed by atoms with E-state index in [1.807, 2.05) is 26.0 Å². The molecule has 1 amide bonds. The van der Waals surface area contributed by atoms with E-state index >= 15 is 0 Å². The second-order valence-corrected chi connectivity index (χ2v) is 4.21. The van der Waals surface area contributed by atoms with Gasteiger partial charge in [0.25, 0.3) is 5.91 Å². The van der Waals surface area contributed by atoms with Gasteiger partial charge in [0.05, 0.1) is 12.3 Å². The molecule has 18 heavy (non-hydrogen) atoms. The Bertz CT molecular complexity index is 387. The standard InChI is InChI=1S/C13H20N2O3/c1-9-5-4-6-11(14)13(9)18-8-12(16)15-10(2)7-17-3/h4-6,10H,7-8,14H2,1-3H3,(H,15,16). The number of nitrogen functional groups attached to an aromatic ring is 1. The lowest BCUT2D eigenvalue weighted by molar-refractivity contribution is -0.124. The molecule has 1 aromatic rings. The Morgan fingerprint density at radius 2 is 2.22 bits per heavy atom. The van der Waals surface area contributed by atoms with Gasteiger partial charge in [0.1, 0.15) is 5.75 Å². The summed E-state index contributed by atoms with van der Waals surface area (Å²) in [6.45, 7) is 4.17. The highest BCUT2D eigenvalue weighted by Crippen LogP contribution is 2.25. The number of rotatable bonds is 6. The summed E-state index contributed by atoms with van der Waals surface area (Å²) in [5.41, 5.74) is 7.22. The first kappa shape index (κ1) is 14.3. The number of hydrogen-bond acceptors (Lipinski definition) is 4. The number of carbonyl (C=O) groups excluding carboxylic acids is 1. The first-order valence-corrected chi connectivity index (χ1v) is 5.80. The van der Waals surface area contributed by atoms with Gasteiger partial charge in [0.2, 0.25) is 0 Å². The smallest absolute Gasteiger partial charge is 0.258 e. The molecule has 0 aliphatic rings. The number of amides is 1. The molecular formula is C13H20N2O3. The van der Waals surface area contributed by atoms with Crippen LogP contribution in [0.5, 0.6) is 5.75 Å². The average molecular weight is 252 g/mol. The fourth-order valence-corrected chi connectivity index (χ4v) is 1.62. The monoisotopic (exact) mass is 252 g/mol. The molecule has 0 aliphatic carbocycles. The van der Waals surface area contributed by atoms with Crippen molar-refractivity contribution >= 4 is 11.6 Å². The Balaban J connectivity index is 2.48. The van der Waals surface area contributed by atoms with Crippen LogP contribution in [0.25, 0.3) is 0 Å². The SMILES string of the molecule is COCC(C)NC(=O)COc1c(C)cccc1N. The van der Waals surface area contributed by atoms with Crippen LogP contribution in [0.3, 0.4) is 0 Å². The molecule has 0 aromatic heterocycles. The molecule has 0 heterocycles. The summed E-state index contributed by atoms with van der Waals surface area (Å²) in [7, 11) is 1.59. The number of nitrogens with one attached hydrogen (secondary N) is 1. The van der Waals surface area contributed by atoms with E-state index < -0.39 is 0 Å². The van der Waals surface area contributed by atoms with Crippen molar-refractivity contribution in [1.82, 2.24) is 5.32 Å². The summed E-state index contributed by atoms with van der Waals surface area (Å²) in [6, 6.07) is 5.43. The first-order chi connectivity index (χ1) is 8.54. The fourth-order valence-electron chi connectivity index (χ4n) is 1.62.